The Morgan fingerprint density at radius 3 is 2.46 bits per heavy atom. The Balaban J connectivity index is 1.48. The fourth-order valence-corrected chi connectivity index (χ4v) is 8.68. The highest BCUT2D eigenvalue weighted by atomic mass is 79.9. The van der Waals surface area contributed by atoms with E-state index in [1.165, 1.54) is 0 Å². The molecule has 266 valence electrons. The lowest BCUT2D eigenvalue weighted by Gasteiger charge is -2.36. The van der Waals surface area contributed by atoms with Crippen LogP contribution in [0.25, 0.3) is 0 Å². The minimum Gasteiger partial charge on any atom is -0.455 e. The van der Waals surface area contributed by atoms with E-state index in [0.29, 0.717) is 35.9 Å². The van der Waals surface area contributed by atoms with Crippen molar-refractivity contribution < 1.29 is 33.8 Å². The quantitative estimate of drug-likeness (QED) is 0.237. The number of cyclic esters (lactones) is 1. The number of fused-ring (bicyclic) bond motifs is 2. The van der Waals surface area contributed by atoms with Crippen molar-refractivity contribution in [3.8, 4) is 0 Å². The highest BCUT2D eigenvalue weighted by Gasteiger charge is 2.75. The molecule has 2 saturated heterocycles. The highest BCUT2D eigenvalue weighted by molar-refractivity contribution is 9.11. The van der Waals surface area contributed by atoms with E-state index in [4.69, 9.17) is 9.47 Å². The van der Waals surface area contributed by atoms with Crippen molar-refractivity contribution in [2.45, 2.75) is 82.8 Å². The molecule has 50 heavy (non-hydrogen) atoms. The molecule has 1 spiro atoms. The molecule has 11 heteroatoms. The molecule has 4 heterocycles. The van der Waals surface area contributed by atoms with Crippen LogP contribution in [0.3, 0.4) is 0 Å². The summed E-state index contributed by atoms with van der Waals surface area (Å²) in [4.78, 5) is 62.6. The van der Waals surface area contributed by atoms with Gasteiger partial charge in [0.15, 0.2) is 0 Å². The Morgan fingerprint density at radius 2 is 1.72 bits per heavy atom. The maximum absolute atomic E-state index is 15.2. The number of halogens is 1. The van der Waals surface area contributed by atoms with Gasteiger partial charge in [-0.3, -0.25) is 19.2 Å². The number of amides is 3. The molecular weight excluding hydrogens is 702 g/mol. The van der Waals surface area contributed by atoms with Gasteiger partial charge in [0.25, 0.3) is 5.91 Å². The molecule has 4 aliphatic rings. The predicted octanol–water partition coefficient (Wildman–Crippen LogP) is 5.15. The molecule has 0 saturated carbocycles. The number of aliphatic hydroxyl groups excluding tert-OH is 1. The van der Waals surface area contributed by atoms with Crippen LogP contribution in [0.1, 0.15) is 61.8 Å². The fraction of sp³-hybridized carbons (Fsp3) is 0.487. The Labute approximate surface area is 302 Å². The van der Waals surface area contributed by atoms with Crippen LogP contribution in [-0.2, 0) is 28.7 Å². The van der Waals surface area contributed by atoms with Crippen molar-refractivity contribution in [3.05, 3.63) is 87.9 Å². The lowest BCUT2D eigenvalue weighted by molar-refractivity contribution is -0.164. The lowest BCUT2D eigenvalue weighted by atomic mass is 9.74. The maximum Gasteiger partial charge on any atom is 0.313 e. The molecule has 3 amide bonds. The van der Waals surface area contributed by atoms with E-state index in [-0.39, 0.29) is 43.8 Å². The largest absolute Gasteiger partial charge is 0.455 e. The summed E-state index contributed by atoms with van der Waals surface area (Å²) in [6.07, 6.45) is 6.49. The summed E-state index contributed by atoms with van der Waals surface area (Å²) >= 11 is 3.64. The number of hydrogen-bond donors (Lipinski definition) is 1. The van der Waals surface area contributed by atoms with Crippen LogP contribution in [0, 0.1) is 25.7 Å². The summed E-state index contributed by atoms with van der Waals surface area (Å²) in [6.45, 7) is 6.28. The van der Waals surface area contributed by atoms with Crippen LogP contribution < -0.4 is 4.90 Å². The third kappa shape index (κ3) is 6.44. The molecular formula is C39H46BrN3O7. The van der Waals surface area contributed by atoms with E-state index in [2.05, 4.69) is 15.9 Å². The average Bonchev–Trinajstić information content (AvgIpc) is 3.70. The van der Waals surface area contributed by atoms with Gasteiger partial charge in [-0.1, -0.05) is 70.5 Å². The summed E-state index contributed by atoms with van der Waals surface area (Å²) in [5, 5.41) is 9.43. The fourth-order valence-electron chi connectivity index (χ4n) is 7.94. The topological polar surface area (TPSA) is 117 Å². The maximum atomic E-state index is 15.2. The SMILES string of the molecule is Cc1ccc(C)c(N2C/C=C\CCC(=O)N(C)[C@H](C)[C@@H](c3ccccc3)OC(=O)[C@@H]3[C@H]4O[C@@]5(C=C4Br)[C@H](C2=O)N(CCCCCO)C(=O)[C@@H]35)c1. The Morgan fingerprint density at radius 1 is 0.960 bits per heavy atom. The number of hydrogen-bond acceptors (Lipinski definition) is 7. The minimum atomic E-state index is -1.41. The molecule has 2 aromatic rings. The van der Waals surface area contributed by atoms with Crippen LogP contribution in [0.2, 0.25) is 0 Å². The van der Waals surface area contributed by atoms with Gasteiger partial charge in [0.1, 0.15) is 29.8 Å². The number of aryl methyl sites for hydroxylation is 2. The van der Waals surface area contributed by atoms with E-state index in [9.17, 15) is 19.5 Å². The van der Waals surface area contributed by atoms with Gasteiger partial charge in [0.2, 0.25) is 11.8 Å². The number of likely N-dealkylation sites (tertiary alicyclic amines) is 1. The second-order valence-electron chi connectivity index (χ2n) is 13.9. The molecule has 2 fully saturated rings. The van der Waals surface area contributed by atoms with Crippen LogP contribution in [0.4, 0.5) is 5.69 Å². The first kappa shape index (κ1) is 36.0. The van der Waals surface area contributed by atoms with Crippen molar-refractivity contribution in [1.82, 2.24) is 9.80 Å². The second kappa shape index (κ2) is 14.8. The number of likely N-dealkylation sites (N-methyl/N-ethyl adjacent to an activating group) is 1. The average molecular weight is 749 g/mol. The molecule has 2 aromatic carbocycles. The normalized spacial score (nSPS) is 30.8. The molecule has 0 aromatic heterocycles. The molecule has 4 aliphatic heterocycles. The summed E-state index contributed by atoms with van der Waals surface area (Å²) < 4.78 is 13.6. The Hall–Kier alpha value is -3.80. The van der Waals surface area contributed by atoms with Gasteiger partial charge >= 0.3 is 5.97 Å². The number of rotatable bonds is 7. The first-order valence-electron chi connectivity index (χ1n) is 17.5. The predicted molar refractivity (Wildman–Crippen MR) is 192 cm³/mol. The smallest absolute Gasteiger partial charge is 0.313 e. The number of carbonyl (C=O) groups excluding carboxylic acids is 4. The first-order chi connectivity index (χ1) is 24.0. The van der Waals surface area contributed by atoms with E-state index < -0.39 is 47.7 Å². The van der Waals surface area contributed by atoms with E-state index in [0.717, 1.165) is 16.7 Å². The van der Waals surface area contributed by atoms with Crippen LogP contribution in [0.5, 0.6) is 0 Å². The monoisotopic (exact) mass is 747 g/mol. The lowest BCUT2D eigenvalue weighted by Crippen LogP contribution is -2.56. The summed E-state index contributed by atoms with van der Waals surface area (Å²) in [7, 11) is 1.71. The Bertz CT molecular complexity index is 1700. The third-order valence-electron chi connectivity index (χ3n) is 10.7. The summed E-state index contributed by atoms with van der Waals surface area (Å²) in [5.41, 5.74) is 1.90. The standard InChI is InChI=1S/C39H46BrN3O7/c1-24-17-18-25(2)29(22-24)42-19-11-6-10-16-30(45)41(4)26(3)33(27-14-8-5-9-15-27)49-38(48)31-32-36(46)43(20-12-7-13-21-44)35(37(42)47)39(32)23-28(40)34(31)50-39/h5-6,8-9,11,14-15,17-18,22-23,26,31-35,44H,7,10,12-13,16,19-21H2,1-4H3/b11-6-/t26-,31+,32-,33+,34+,35+,39-/m1/s1. The van der Waals surface area contributed by atoms with E-state index in [1.54, 1.807) is 21.7 Å². The van der Waals surface area contributed by atoms with Crippen molar-refractivity contribution in [1.29, 1.82) is 0 Å². The summed E-state index contributed by atoms with van der Waals surface area (Å²) in [6, 6.07) is 13.7. The van der Waals surface area contributed by atoms with Crippen molar-refractivity contribution in [3.63, 3.8) is 0 Å². The zero-order valence-corrected chi connectivity index (χ0v) is 30.7. The van der Waals surface area contributed by atoms with Crippen molar-refractivity contribution in [2.24, 2.45) is 11.8 Å². The zero-order chi connectivity index (χ0) is 35.7. The van der Waals surface area contributed by atoms with Gasteiger partial charge in [0, 0.05) is 43.3 Å². The van der Waals surface area contributed by atoms with E-state index in [1.807, 2.05) is 87.5 Å². The number of allylic oxidation sites excluding steroid dienone is 1. The van der Waals surface area contributed by atoms with Gasteiger partial charge in [-0.2, -0.15) is 0 Å². The van der Waals surface area contributed by atoms with E-state index >= 15 is 4.79 Å². The number of esters is 1. The first-order valence-corrected chi connectivity index (χ1v) is 18.3. The number of nitrogens with zero attached hydrogens (tertiary/aromatic N) is 3. The molecule has 7 atom stereocenters. The highest BCUT2D eigenvalue weighted by Crippen LogP contribution is 2.59. The van der Waals surface area contributed by atoms with Crippen LogP contribution in [0.15, 0.2) is 71.2 Å². The minimum absolute atomic E-state index is 0.0335. The van der Waals surface area contributed by atoms with Gasteiger partial charge in [-0.15, -0.1) is 0 Å². The molecule has 0 radical (unpaired) electrons. The number of ether oxygens (including phenoxy) is 2. The van der Waals surface area contributed by atoms with Gasteiger partial charge in [-0.25, -0.2) is 0 Å². The molecule has 10 nitrogen and oxygen atoms in total. The number of carbonyl (C=O) groups is 4. The number of unbranched alkanes of at least 4 members (excludes halogenated alkanes) is 2. The molecule has 6 rings (SSSR count). The zero-order valence-electron chi connectivity index (χ0n) is 29.1. The van der Waals surface area contributed by atoms with Gasteiger partial charge in [0.05, 0.1) is 12.0 Å². The summed E-state index contributed by atoms with van der Waals surface area (Å²) in [5.74, 6) is -3.39. The second-order valence-corrected chi connectivity index (χ2v) is 14.8. The van der Waals surface area contributed by atoms with Crippen LogP contribution in [-0.4, -0.2) is 89.1 Å². The van der Waals surface area contributed by atoms with Crippen molar-refractivity contribution >= 4 is 45.3 Å². The number of anilines is 1. The molecule has 5 bridgehead atoms. The number of benzene rings is 2. The van der Waals surface area contributed by atoms with Gasteiger partial charge in [-0.05, 0) is 75.3 Å². The number of aliphatic hydroxyl groups is 1. The van der Waals surface area contributed by atoms with Crippen molar-refractivity contribution in [2.75, 3.05) is 31.6 Å². The molecule has 1 N–H and O–H groups in total. The molecule has 0 unspecified atom stereocenters. The third-order valence-corrected chi connectivity index (χ3v) is 11.4. The van der Waals surface area contributed by atoms with Crippen LogP contribution >= 0.6 is 15.9 Å². The Kier molecular flexibility index (Phi) is 10.7. The molecule has 0 aliphatic carbocycles. The van der Waals surface area contributed by atoms with Gasteiger partial charge < -0.3 is 29.3 Å².